The number of para-hydroxylation sites is 1. The lowest BCUT2D eigenvalue weighted by Crippen LogP contribution is -2.45. The molecule has 0 saturated heterocycles. The molecule has 3 aromatic carbocycles. The van der Waals surface area contributed by atoms with Crippen LogP contribution in [0, 0.1) is 0 Å². The van der Waals surface area contributed by atoms with Crippen molar-refractivity contribution in [2.45, 2.75) is 0 Å². The predicted octanol–water partition coefficient (Wildman–Crippen LogP) is 4.27. The number of hydrogen-bond donors (Lipinski definition) is 2. The van der Waals surface area contributed by atoms with Crippen LogP contribution in [-0.4, -0.2) is 25.0 Å². The molecule has 0 bridgehead atoms. The van der Waals surface area contributed by atoms with Crippen LogP contribution in [0.4, 0.5) is 0 Å². The molecule has 6 nitrogen and oxygen atoms in total. The van der Waals surface area contributed by atoms with Gasteiger partial charge < -0.3 is 9.47 Å². The smallest absolute Gasteiger partial charge is 0.276 e. The van der Waals surface area contributed by atoms with Crippen molar-refractivity contribution in [3.63, 3.8) is 0 Å². The summed E-state index contributed by atoms with van der Waals surface area (Å²) in [6.07, 6.45) is 0. The van der Waals surface area contributed by atoms with E-state index in [0.717, 1.165) is 11.1 Å². The maximum Gasteiger partial charge on any atom is 0.276 e. The van der Waals surface area contributed by atoms with Crippen molar-refractivity contribution in [1.29, 1.82) is 0 Å². The van der Waals surface area contributed by atoms with Crippen LogP contribution in [-0.2, 0) is 9.59 Å². The number of rotatable bonds is 7. The summed E-state index contributed by atoms with van der Waals surface area (Å²) >= 11 is 11.8. The van der Waals surface area contributed by atoms with Gasteiger partial charge in [0.2, 0.25) is 0 Å². The van der Waals surface area contributed by atoms with Gasteiger partial charge in [-0.1, -0.05) is 71.7 Å². The lowest BCUT2D eigenvalue weighted by molar-refractivity contribution is -0.130. The first-order valence-electron chi connectivity index (χ1n) is 8.95. The molecular formula is C22H18Cl2N2O4. The van der Waals surface area contributed by atoms with Gasteiger partial charge in [-0.25, -0.2) is 0 Å². The minimum atomic E-state index is -0.556. The SMILES string of the molecule is O=C(COc1ccc(Cl)cc1Cl)NNC(=O)COc1ccccc1-c1ccccc1. The second-order valence-electron chi connectivity index (χ2n) is 6.11. The molecular weight excluding hydrogens is 427 g/mol. The van der Waals surface area contributed by atoms with Crippen molar-refractivity contribution >= 4 is 35.0 Å². The van der Waals surface area contributed by atoms with Gasteiger partial charge in [-0.05, 0) is 29.8 Å². The molecule has 0 aliphatic heterocycles. The van der Waals surface area contributed by atoms with Gasteiger partial charge in [0.05, 0.1) is 5.02 Å². The molecule has 0 atom stereocenters. The van der Waals surface area contributed by atoms with Crippen molar-refractivity contribution in [2.75, 3.05) is 13.2 Å². The molecule has 0 aromatic heterocycles. The number of hydrazine groups is 1. The molecule has 3 rings (SSSR count). The Morgan fingerprint density at radius 3 is 2.00 bits per heavy atom. The van der Waals surface area contributed by atoms with E-state index in [1.807, 2.05) is 48.5 Å². The van der Waals surface area contributed by atoms with E-state index in [0.29, 0.717) is 16.5 Å². The lowest BCUT2D eigenvalue weighted by Gasteiger charge is -2.12. The summed E-state index contributed by atoms with van der Waals surface area (Å²) in [4.78, 5) is 23.9. The molecule has 0 aliphatic carbocycles. The van der Waals surface area contributed by atoms with Crippen LogP contribution in [0.2, 0.25) is 10.0 Å². The average molecular weight is 445 g/mol. The molecule has 154 valence electrons. The number of nitrogens with one attached hydrogen (secondary N) is 2. The molecule has 3 aromatic rings. The van der Waals surface area contributed by atoms with Gasteiger partial charge >= 0.3 is 0 Å². The normalized spacial score (nSPS) is 10.2. The zero-order chi connectivity index (χ0) is 21.3. The quantitative estimate of drug-likeness (QED) is 0.533. The van der Waals surface area contributed by atoms with Crippen LogP contribution in [0.25, 0.3) is 11.1 Å². The lowest BCUT2D eigenvalue weighted by atomic mass is 10.1. The standard InChI is InChI=1S/C22H18Cl2N2O4/c23-16-10-11-20(18(24)12-16)30-14-22(28)26-25-21(27)13-29-19-9-5-4-8-17(19)15-6-2-1-3-7-15/h1-12H,13-14H2,(H,25,27)(H,26,28). The largest absolute Gasteiger partial charge is 0.483 e. The fourth-order valence-corrected chi connectivity index (χ4v) is 3.00. The first kappa shape index (κ1) is 21.5. The molecule has 0 aliphatic rings. The number of halogens is 2. The van der Waals surface area contributed by atoms with E-state index >= 15 is 0 Å². The maximum absolute atomic E-state index is 12.0. The summed E-state index contributed by atoms with van der Waals surface area (Å²) in [5, 5.41) is 0.739. The summed E-state index contributed by atoms with van der Waals surface area (Å²) in [5.74, 6) is -0.205. The number of amides is 2. The fraction of sp³-hybridized carbons (Fsp3) is 0.0909. The van der Waals surface area contributed by atoms with Crippen LogP contribution in [0.3, 0.4) is 0 Å². The van der Waals surface area contributed by atoms with E-state index in [1.165, 1.54) is 6.07 Å². The Morgan fingerprint density at radius 2 is 1.33 bits per heavy atom. The van der Waals surface area contributed by atoms with E-state index in [2.05, 4.69) is 10.9 Å². The molecule has 0 saturated carbocycles. The third kappa shape index (κ3) is 6.14. The van der Waals surface area contributed by atoms with E-state index in [1.54, 1.807) is 18.2 Å². The van der Waals surface area contributed by atoms with E-state index in [9.17, 15) is 9.59 Å². The molecule has 2 N–H and O–H groups in total. The molecule has 0 heterocycles. The van der Waals surface area contributed by atoms with E-state index in [-0.39, 0.29) is 18.2 Å². The number of carbonyl (C=O) groups is 2. The Kier molecular flexibility index (Phi) is 7.54. The van der Waals surface area contributed by atoms with Crippen LogP contribution in [0.5, 0.6) is 11.5 Å². The summed E-state index contributed by atoms with van der Waals surface area (Å²) in [6.45, 7) is -0.604. The van der Waals surface area contributed by atoms with Gasteiger partial charge in [-0.15, -0.1) is 0 Å². The van der Waals surface area contributed by atoms with Gasteiger partial charge in [0.25, 0.3) is 11.8 Å². The highest BCUT2D eigenvalue weighted by atomic mass is 35.5. The minimum absolute atomic E-state index is 0.270. The second kappa shape index (κ2) is 10.5. The summed E-state index contributed by atoms with van der Waals surface area (Å²) in [5.41, 5.74) is 6.36. The summed E-state index contributed by atoms with van der Waals surface area (Å²) in [6, 6.07) is 21.7. The van der Waals surface area contributed by atoms with Crippen molar-refractivity contribution in [2.24, 2.45) is 0 Å². The van der Waals surface area contributed by atoms with E-state index in [4.69, 9.17) is 32.7 Å². The third-order valence-corrected chi connectivity index (χ3v) is 4.46. The van der Waals surface area contributed by atoms with Gasteiger partial charge in [-0.2, -0.15) is 0 Å². The molecule has 0 fully saturated rings. The number of hydrogen-bond acceptors (Lipinski definition) is 4. The second-order valence-corrected chi connectivity index (χ2v) is 6.95. The molecule has 0 spiro atoms. The maximum atomic E-state index is 12.0. The Bertz CT molecular complexity index is 1030. The highest BCUT2D eigenvalue weighted by Gasteiger charge is 2.10. The van der Waals surface area contributed by atoms with Crippen LogP contribution < -0.4 is 20.3 Å². The molecule has 0 radical (unpaired) electrons. The highest BCUT2D eigenvalue weighted by molar-refractivity contribution is 6.35. The highest BCUT2D eigenvalue weighted by Crippen LogP contribution is 2.29. The van der Waals surface area contributed by atoms with Crippen molar-refractivity contribution in [3.05, 3.63) is 82.8 Å². The van der Waals surface area contributed by atoms with Crippen LogP contribution in [0.15, 0.2) is 72.8 Å². The van der Waals surface area contributed by atoms with Crippen LogP contribution >= 0.6 is 23.2 Å². The zero-order valence-electron chi connectivity index (χ0n) is 15.7. The Labute approximate surface area is 183 Å². The Balaban J connectivity index is 1.46. The van der Waals surface area contributed by atoms with Crippen molar-refractivity contribution in [1.82, 2.24) is 10.9 Å². The summed E-state index contributed by atoms with van der Waals surface area (Å²) in [7, 11) is 0. The Hall–Kier alpha value is -3.22. The predicted molar refractivity (Wildman–Crippen MR) is 116 cm³/mol. The van der Waals surface area contributed by atoms with Crippen molar-refractivity contribution < 1.29 is 19.1 Å². The summed E-state index contributed by atoms with van der Waals surface area (Å²) < 4.78 is 10.9. The van der Waals surface area contributed by atoms with Gasteiger partial charge in [-0.3, -0.25) is 20.4 Å². The topological polar surface area (TPSA) is 76.7 Å². The van der Waals surface area contributed by atoms with Crippen LogP contribution in [0.1, 0.15) is 0 Å². The fourth-order valence-electron chi connectivity index (χ4n) is 2.54. The molecule has 0 unspecified atom stereocenters. The van der Waals surface area contributed by atoms with Gasteiger partial charge in [0, 0.05) is 10.6 Å². The monoisotopic (exact) mass is 444 g/mol. The molecule has 30 heavy (non-hydrogen) atoms. The van der Waals surface area contributed by atoms with Gasteiger partial charge in [0.1, 0.15) is 11.5 Å². The van der Waals surface area contributed by atoms with E-state index < -0.39 is 11.8 Å². The molecule has 2 amide bonds. The third-order valence-electron chi connectivity index (χ3n) is 3.92. The molecule has 8 heteroatoms. The number of benzene rings is 3. The number of carbonyl (C=O) groups excluding carboxylic acids is 2. The Morgan fingerprint density at radius 1 is 0.733 bits per heavy atom. The van der Waals surface area contributed by atoms with Crippen molar-refractivity contribution in [3.8, 4) is 22.6 Å². The first-order chi connectivity index (χ1) is 14.5. The van der Waals surface area contributed by atoms with Gasteiger partial charge in [0.15, 0.2) is 13.2 Å². The minimum Gasteiger partial charge on any atom is -0.483 e. The first-order valence-corrected chi connectivity index (χ1v) is 9.71. The number of ether oxygens (including phenoxy) is 2. The average Bonchev–Trinajstić information content (AvgIpc) is 2.76. The zero-order valence-corrected chi connectivity index (χ0v) is 17.2.